The average Bonchev–Trinajstić information content (AvgIpc) is 2.36. The van der Waals surface area contributed by atoms with E-state index in [0.29, 0.717) is 6.54 Å². The van der Waals surface area contributed by atoms with E-state index < -0.39 is 12.6 Å². The van der Waals surface area contributed by atoms with E-state index in [1.807, 2.05) is 44.2 Å². The fraction of sp³-hybridized carbons (Fsp3) is 0.429. The van der Waals surface area contributed by atoms with Gasteiger partial charge in [0.2, 0.25) is 5.91 Å². The van der Waals surface area contributed by atoms with Crippen molar-refractivity contribution in [1.82, 2.24) is 4.90 Å². The van der Waals surface area contributed by atoms with E-state index in [9.17, 15) is 9.59 Å². The van der Waals surface area contributed by atoms with E-state index in [1.54, 1.807) is 4.90 Å². The van der Waals surface area contributed by atoms with Gasteiger partial charge in [0.25, 0.3) is 0 Å². The molecule has 1 rings (SSSR count). The predicted octanol–water partition coefficient (Wildman–Crippen LogP) is 1.52. The van der Waals surface area contributed by atoms with Crippen LogP contribution in [0.25, 0.3) is 0 Å². The highest BCUT2D eigenvalue weighted by atomic mass is 16.5. The molecular formula is C14H19NO4. The highest BCUT2D eigenvalue weighted by Gasteiger charge is 2.17. The smallest absolute Gasteiger partial charge is 0.329 e. The first-order chi connectivity index (χ1) is 9.00. The third kappa shape index (κ3) is 5.52. The molecule has 0 unspecified atom stereocenters. The van der Waals surface area contributed by atoms with E-state index in [-0.39, 0.29) is 18.6 Å². The second kappa shape index (κ2) is 7.53. The van der Waals surface area contributed by atoms with Gasteiger partial charge in [-0.25, -0.2) is 4.79 Å². The van der Waals surface area contributed by atoms with Gasteiger partial charge in [-0.1, -0.05) is 30.3 Å². The quantitative estimate of drug-likeness (QED) is 0.811. The van der Waals surface area contributed by atoms with Gasteiger partial charge in [-0.15, -0.1) is 0 Å². The Hall–Kier alpha value is -1.88. The lowest BCUT2D eigenvalue weighted by atomic mass is 10.2. The van der Waals surface area contributed by atoms with E-state index >= 15 is 0 Å². The summed E-state index contributed by atoms with van der Waals surface area (Å²) < 4.78 is 4.83. The summed E-state index contributed by atoms with van der Waals surface area (Å²) in [6.07, 6.45) is 0. The van der Waals surface area contributed by atoms with Crippen LogP contribution in [0.15, 0.2) is 30.3 Å². The van der Waals surface area contributed by atoms with Crippen LogP contribution >= 0.6 is 0 Å². The molecule has 0 bridgehead atoms. The second-order valence-corrected chi connectivity index (χ2v) is 4.49. The first-order valence-corrected chi connectivity index (χ1v) is 6.13. The maximum absolute atomic E-state index is 12.0. The van der Waals surface area contributed by atoms with Gasteiger partial charge < -0.3 is 14.7 Å². The molecule has 0 aliphatic heterocycles. The number of rotatable bonds is 7. The van der Waals surface area contributed by atoms with Gasteiger partial charge in [0.1, 0.15) is 13.2 Å². The van der Waals surface area contributed by atoms with Crippen LogP contribution in [0.4, 0.5) is 0 Å². The highest BCUT2D eigenvalue weighted by molar-refractivity contribution is 5.78. The number of carbonyl (C=O) groups excluding carboxylic acids is 1. The number of hydrogen-bond acceptors (Lipinski definition) is 3. The lowest BCUT2D eigenvalue weighted by Crippen LogP contribution is -2.39. The van der Waals surface area contributed by atoms with Crippen LogP contribution in [0, 0.1) is 0 Å². The molecule has 0 atom stereocenters. The van der Waals surface area contributed by atoms with E-state index in [4.69, 9.17) is 9.84 Å². The minimum atomic E-state index is -1.08. The maximum atomic E-state index is 12.0. The highest BCUT2D eigenvalue weighted by Crippen LogP contribution is 2.08. The second-order valence-electron chi connectivity index (χ2n) is 4.49. The molecule has 0 saturated heterocycles. The first-order valence-electron chi connectivity index (χ1n) is 6.13. The van der Waals surface area contributed by atoms with Crippen LogP contribution in [0.1, 0.15) is 19.4 Å². The minimum absolute atomic E-state index is 0.0288. The van der Waals surface area contributed by atoms with E-state index in [2.05, 4.69) is 0 Å². The molecule has 0 aromatic heterocycles. The summed E-state index contributed by atoms with van der Waals surface area (Å²) in [5.74, 6) is -1.29. The maximum Gasteiger partial charge on any atom is 0.329 e. The molecule has 1 aromatic rings. The zero-order valence-electron chi connectivity index (χ0n) is 11.2. The number of benzene rings is 1. The fourth-order valence-electron chi connectivity index (χ4n) is 1.65. The number of hydrogen-bond donors (Lipinski definition) is 1. The Kier molecular flexibility index (Phi) is 6.02. The SMILES string of the molecule is CC(C)N(Cc1ccccc1)C(=O)COCC(=O)O. The molecule has 19 heavy (non-hydrogen) atoms. The predicted molar refractivity (Wildman–Crippen MR) is 70.6 cm³/mol. The Morgan fingerprint density at radius 3 is 2.37 bits per heavy atom. The summed E-state index contributed by atoms with van der Waals surface area (Å²) in [6, 6.07) is 9.67. The van der Waals surface area contributed by atoms with Crippen LogP contribution in [-0.4, -0.2) is 41.1 Å². The van der Waals surface area contributed by atoms with Crippen LogP contribution < -0.4 is 0 Å². The first kappa shape index (κ1) is 15.2. The van der Waals surface area contributed by atoms with Gasteiger partial charge in [-0.05, 0) is 19.4 Å². The zero-order valence-corrected chi connectivity index (χ0v) is 11.2. The summed E-state index contributed by atoms with van der Waals surface area (Å²) in [6.45, 7) is 3.66. The Morgan fingerprint density at radius 1 is 1.21 bits per heavy atom. The molecule has 0 spiro atoms. The van der Waals surface area contributed by atoms with Crippen LogP contribution in [0.2, 0.25) is 0 Å². The van der Waals surface area contributed by atoms with Crippen molar-refractivity contribution in [1.29, 1.82) is 0 Å². The minimum Gasteiger partial charge on any atom is -0.480 e. The van der Waals surface area contributed by atoms with Gasteiger partial charge in [0, 0.05) is 12.6 Å². The number of amides is 1. The summed E-state index contributed by atoms with van der Waals surface area (Å²) in [5, 5.41) is 8.46. The molecule has 0 heterocycles. The van der Waals surface area contributed by atoms with Gasteiger partial charge in [0.15, 0.2) is 0 Å². The molecule has 0 radical (unpaired) electrons. The molecule has 104 valence electrons. The van der Waals surface area contributed by atoms with E-state index in [0.717, 1.165) is 5.56 Å². The van der Waals surface area contributed by atoms with Crippen LogP contribution in [-0.2, 0) is 20.9 Å². The summed E-state index contributed by atoms with van der Waals surface area (Å²) >= 11 is 0. The standard InChI is InChI=1S/C14H19NO4/c1-11(2)15(8-12-6-4-3-5-7-12)13(16)9-19-10-14(17)18/h3-7,11H,8-10H2,1-2H3,(H,17,18). The van der Waals surface area contributed by atoms with Gasteiger partial charge in [-0.3, -0.25) is 4.79 Å². The Morgan fingerprint density at radius 2 is 1.84 bits per heavy atom. The normalized spacial score (nSPS) is 10.5. The number of carboxylic acids is 1. The third-order valence-electron chi connectivity index (χ3n) is 2.59. The average molecular weight is 265 g/mol. The van der Waals surface area contributed by atoms with Gasteiger partial charge >= 0.3 is 5.97 Å². The lowest BCUT2D eigenvalue weighted by molar-refractivity contribution is -0.146. The van der Waals surface area contributed by atoms with Crippen molar-refractivity contribution in [3.63, 3.8) is 0 Å². The van der Waals surface area contributed by atoms with Gasteiger partial charge in [-0.2, -0.15) is 0 Å². The summed E-state index contributed by atoms with van der Waals surface area (Å²) in [4.78, 5) is 24.0. The van der Waals surface area contributed by atoms with Crippen molar-refractivity contribution in [2.75, 3.05) is 13.2 Å². The molecule has 5 nitrogen and oxygen atoms in total. The van der Waals surface area contributed by atoms with Crippen molar-refractivity contribution >= 4 is 11.9 Å². The summed E-state index contributed by atoms with van der Waals surface area (Å²) in [5.41, 5.74) is 1.03. The van der Waals surface area contributed by atoms with Crippen molar-refractivity contribution in [3.05, 3.63) is 35.9 Å². The van der Waals surface area contributed by atoms with Crippen molar-refractivity contribution in [3.8, 4) is 0 Å². The van der Waals surface area contributed by atoms with Gasteiger partial charge in [0.05, 0.1) is 0 Å². The number of aliphatic carboxylic acids is 1. The van der Waals surface area contributed by atoms with E-state index in [1.165, 1.54) is 0 Å². The largest absolute Gasteiger partial charge is 0.480 e. The van der Waals surface area contributed by atoms with Crippen LogP contribution in [0.3, 0.4) is 0 Å². The molecule has 1 aromatic carbocycles. The Balaban J connectivity index is 2.57. The molecule has 5 heteroatoms. The lowest BCUT2D eigenvalue weighted by Gasteiger charge is -2.26. The third-order valence-corrected chi connectivity index (χ3v) is 2.59. The molecule has 0 aliphatic rings. The van der Waals surface area contributed by atoms with Crippen LogP contribution in [0.5, 0.6) is 0 Å². The topological polar surface area (TPSA) is 66.8 Å². The molecule has 1 amide bonds. The summed E-state index contributed by atoms with van der Waals surface area (Å²) in [7, 11) is 0. The monoisotopic (exact) mass is 265 g/mol. The molecule has 1 N–H and O–H groups in total. The van der Waals surface area contributed by atoms with Crippen molar-refractivity contribution < 1.29 is 19.4 Å². The molecular weight excluding hydrogens is 246 g/mol. The molecule has 0 fully saturated rings. The number of ether oxygens (including phenoxy) is 1. The Bertz CT molecular complexity index is 417. The Labute approximate surface area is 112 Å². The van der Waals surface area contributed by atoms with Crippen molar-refractivity contribution in [2.24, 2.45) is 0 Å². The number of carbonyl (C=O) groups is 2. The zero-order chi connectivity index (χ0) is 14.3. The molecule has 0 saturated carbocycles. The number of carboxylic acid groups (broad SMARTS) is 1. The van der Waals surface area contributed by atoms with Crippen molar-refractivity contribution in [2.45, 2.75) is 26.4 Å². The fourth-order valence-corrected chi connectivity index (χ4v) is 1.65. The number of nitrogens with zero attached hydrogens (tertiary/aromatic N) is 1. The molecule has 0 aliphatic carbocycles.